The summed E-state index contributed by atoms with van der Waals surface area (Å²) < 4.78 is 7.24. The zero-order chi connectivity index (χ0) is 25.8. The van der Waals surface area contributed by atoms with Crippen molar-refractivity contribution in [2.45, 2.75) is 20.0 Å². The molecule has 0 atom stereocenters. The third-order valence-corrected chi connectivity index (χ3v) is 6.32. The predicted octanol–water partition coefficient (Wildman–Crippen LogP) is 5.24. The van der Waals surface area contributed by atoms with E-state index >= 15 is 0 Å². The Morgan fingerprint density at radius 3 is 2.05 bits per heavy atom. The monoisotopic (exact) mass is 490 g/mol. The molecular weight excluding hydrogens is 464 g/mol. The zero-order valence-electron chi connectivity index (χ0n) is 20.5. The molecule has 0 saturated heterocycles. The number of amides is 1. The van der Waals surface area contributed by atoms with Gasteiger partial charge < -0.3 is 14.2 Å². The summed E-state index contributed by atoms with van der Waals surface area (Å²) in [5.41, 5.74) is 3.93. The van der Waals surface area contributed by atoms with Crippen molar-refractivity contribution < 1.29 is 14.3 Å². The SMILES string of the molecule is Cc1cccc(N(Cc2ccccc2)C(=O)COC(=O)Cn2c3ccccc3c(=O)c3ccccc32)c1. The van der Waals surface area contributed by atoms with Crippen molar-refractivity contribution >= 4 is 39.4 Å². The Labute approximate surface area is 214 Å². The number of anilines is 1. The average Bonchev–Trinajstić information content (AvgIpc) is 2.93. The second-order valence-corrected chi connectivity index (χ2v) is 8.91. The van der Waals surface area contributed by atoms with Gasteiger partial charge >= 0.3 is 5.97 Å². The number of fused-ring (bicyclic) bond motifs is 2. The first-order chi connectivity index (χ1) is 18.0. The maximum absolute atomic E-state index is 13.3. The number of rotatable bonds is 7. The van der Waals surface area contributed by atoms with Crippen LogP contribution in [0.4, 0.5) is 5.69 Å². The number of nitrogens with zero attached hydrogens (tertiary/aromatic N) is 2. The highest BCUT2D eigenvalue weighted by atomic mass is 16.5. The standard InChI is InChI=1S/C31H26N2O4/c1-22-10-9-13-24(18-22)32(19-23-11-3-2-4-12-23)29(34)21-37-30(35)20-33-27-16-7-5-14-25(27)31(36)26-15-6-8-17-28(26)33/h2-18H,19-21H2,1H3. The van der Waals surface area contributed by atoms with E-state index in [9.17, 15) is 14.4 Å². The largest absolute Gasteiger partial charge is 0.454 e. The van der Waals surface area contributed by atoms with Gasteiger partial charge in [0.05, 0.1) is 17.6 Å². The number of esters is 1. The highest BCUT2D eigenvalue weighted by Crippen LogP contribution is 2.21. The summed E-state index contributed by atoms with van der Waals surface area (Å²) in [6, 6.07) is 31.7. The number of para-hydroxylation sites is 2. The van der Waals surface area contributed by atoms with E-state index in [-0.39, 0.29) is 17.9 Å². The predicted molar refractivity (Wildman–Crippen MR) is 145 cm³/mol. The number of ether oxygens (including phenoxy) is 1. The van der Waals surface area contributed by atoms with E-state index in [1.54, 1.807) is 45.9 Å². The molecule has 37 heavy (non-hydrogen) atoms. The average molecular weight is 491 g/mol. The van der Waals surface area contributed by atoms with Crippen molar-refractivity contribution in [3.8, 4) is 0 Å². The summed E-state index contributed by atoms with van der Waals surface area (Å²) in [7, 11) is 0. The van der Waals surface area contributed by atoms with Crippen LogP contribution >= 0.6 is 0 Å². The number of carbonyl (C=O) groups excluding carboxylic acids is 2. The molecule has 1 aromatic heterocycles. The smallest absolute Gasteiger partial charge is 0.326 e. The lowest BCUT2D eigenvalue weighted by molar-refractivity contribution is -0.148. The normalized spacial score (nSPS) is 10.9. The van der Waals surface area contributed by atoms with E-state index in [0.717, 1.165) is 16.8 Å². The maximum atomic E-state index is 13.3. The summed E-state index contributed by atoms with van der Waals surface area (Å²) in [5.74, 6) is -0.881. The Bertz CT molecular complexity index is 1600. The second-order valence-electron chi connectivity index (χ2n) is 8.91. The highest BCUT2D eigenvalue weighted by Gasteiger charge is 2.20. The molecule has 1 amide bonds. The van der Waals surface area contributed by atoms with E-state index in [1.165, 1.54) is 0 Å². The minimum atomic E-state index is -0.559. The molecule has 1 heterocycles. The van der Waals surface area contributed by atoms with Gasteiger partial charge in [-0.1, -0.05) is 66.7 Å². The molecule has 0 unspecified atom stereocenters. The van der Waals surface area contributed by atoms with Crippen molar-refractivity contribution in [3.05, 3.63) is 124 Å². The molecule has 0 spiro atoms. The molecule has 4 aromatic carbocycles. The van der Waals surface area contributed by atoms with Gasteiger partial charge in [0, 0.05) is 16.5 Å². The Hall–Kier alpha value is -4.71. The van der Waals surface area contributed by atoms with Crippen LogP contribution in [0.1, 0.15) is 11.1 Å². The third-order valence-electron chi connectivity index (χ3n) is 6.32. The van der Waals surface area contributed by atoms with Crippen LogP contribution in [0, 0.1) is 6.92 Å². The topological polar surface area (TPSA) is 68.6 Å². The third kappa shape index (κ3) is 5.14. The number of aryl methyl sites for hydroxylation is 1. The molecule has 0 fully saturated rings. The van der Waals surface area contributed by atoms with E-state index in [2.05, 4.69) is 0 Å². The molecule has 0 aliphatic heterocycles. The van der Waals surface area contributed by atoms with Gasteiger partial charge in [-0.05, 0) is 54.4 Å². The molecule has 0 aliphatic carbocycles. The molecule has 6 heteroatoms. The van der Waals surface area contributed by atoms with Crippen LogP contribution in [-0.4, -0.2) is 23.1 Å². The molecule has 0 saturated carbocycles. The summed E-state index contributed by atoms with van der Waals surface area (Å²) in [6.45, 7) is 1.80. The van der Waals surface area contributed by atoms with Crippen LogP contribution in [0.5, 0.6) is 0 Å². The van der Waals surface area contributed by atoms with Crippen LogP contribution in [0.3, 0.4) is 0 Å². The van der Waals surface area contributed by atoms with Crippen LogP contribution < -0.4 is 10.3 Å². The van der Waals surface area contributed by atoms with Gasteiger partial charge in [-0.3, -0.25) is 14.4 Å². The molecule has 0 radical (unpaired) electrons. The molecule has 184 valence electrons. The molecule has 5 rings (SSSR count). The summed E-state index contributed by atoms with van der Waals surface area (Å²) in [6.07, 6.45) is 0. The van der Waals surface area contributed by atoms with E-state index < -0.39 is 12.6 Å². The minimum Gasteiger partial charge on any atom is -0.454 e. The van der Waals surface area contributed by atoms with Gasteiger partial charge in [0.2, 0.25) is 0 Å². The number of hydrogen-bond donors (Lipinski definition) is 0. The van der Waals surface area contributed by atoms with Gasteiger partial charge in [0.25, 0.3) is 5.91 Å². The summed E-state index contributed by atoms with van der Waals surface area (Å²) >= 11 is 0. The molecule has 0 bridgehead atoms. The number of carbonyl (C=O) groups is 2. The minimum absolute atomic E-state index is 0.0827. The van der Waals surface area contributed by atoms with Gasteiger partial charge in [-0.2, -0.15) is 0 Å². The van der Waals surface area contributed by atoms with Crippen molar-refractivity contribution in [2.75, 3.05) is 11.5 Å². The number of benzene rings is 4. The molecular formula is C31H26N2O4. The fraction of sp³-hybridized carbons (Fsp3) is 0.129. The lowest BCUT2D eigenvalue weighted by atomic mass is 10.1. The van der Waals surface area contributed by atoms with Crippen LogP contribution in [-0.2, 0) is 27.4 Å². The highest BCUT2D eigenvalue weighted by molar-refractivity contribution is 5.96. The van der Waals surface area contributed by atoms with Crippen LogP contribution in [0.15, 0.2) is 108 Å². The van der Waals surface area contributed by atoms with Gasteiger partial charge in [0.15, 0.2) is 12.0 Å². The Morgan fingerprint density at radius 2 is 1.41 bits per heavy atom. The van der Waals surface area contributed by atoms with Crippen LogP contribution in [0.2, 0.25) is 0 Å². The number of pyridine rings is 1. The van der Waals surface area contributed by atoms with E-state index in [4.69, 9.17) is 4.74 Å². The maximum Gasteiger partial charge on any atom is 0.326 e. The van der Waals surface area contributed by atoms with Crippen LogP contribution in [0.25, 0.3) is 21.8 Å². The number of aromatic nitrogens is 1. The first-order valence-electron chi connectivity index (χ1n) is 12.1. The fourth-order valence-corrected chi connectivity index (χ4v) is 4.53. The summed E-state index contributed by atoms with van der Waals surface area (Å²) in [5, 5.41) is 1.05. The zero-order valence-corrected chi connectivity index (χ0v) is 20.5. The lowest BCUT2D eigenvalue weighted by Crippen LogP contribution is -2.34. The first-order valence-corrected chi connectivity index (χ1v) is 12.1. The molecule has 5 aromatic rings. The molecule has 6 nitrogen and oxygen atoms in total. The second kappa shape index (κ2) is 10.5. The quantitative estimate of drug-likeness (QED) is 0.231. The van der Waals surface area contributed by atoms with Crippen molar-refractivity contribution in [1.82, 2.24) is 4.57 Å². The summed E-state index contributed by atoms with van der Waals surface area (Å²) in [4.78, 5) is 40.8. The first kappa shape index (κ1) is 24.0. The Balaban J connectivity index is 1.38. The number of hydrogen-bond acceptors (Lipinski definition) is 4. The Morgan fingerprint density at radius 1 is 0.784 bits per heavy atom. The van der Waals surface area contributed by atoms with Crippen molar-refractivity contribution in [1.29, 1.82) is 0 Å². The van der Waals surface area contributed by atoms with E-state index in [0.29, 0.717) is 28.4 Å². The van der Waals surface area contributed by atoms with Gasteiger partial charge in [-0.15, -0.1) is 0 Å². The van der Waals surface area contributed by atoms with E-state index in [1.807, 2.05) is 73.7 Å². The van der Waals surface area contributed by atoms with Gasteiger partial charge in [0.1, 0.15) is 6.54 Å². The van der Waals surface area contributed by atoms with Gasteiger partial charge in [-0.25, -0.2) is 0 Å². The molecule has 0 aliphatic rings. The lowest BCUT2D eigenvalue weighted by Gasteiger charge is -2.23. The Kier molecular flexibility index (Phi) is 6.81. The van der Waals surface area contributed by atoms with Crippen molar-refractivity contribution in [3.63, 3.8) is 0 Å². The van der Waals surface area contributed by atoms with Crippen molar-refractivity contribution in [2.24, 2.45) is 0 Å². The molecule has 0 N–H and O–H groups in total. The fourth-order valence-electron chi connectivity index (χ4n) is 4.53.